The van der Waals surface area contributed by atoms with Gasteiger partial charge in [-0.1, -0.05) is 18.2 Å². The zero-order valence-corrected chi connectivity index (χ0v) is 6.68. The highest BCUT2D eigenvalue weighted by atomic mass is 35.5. The molecule has 0 aliphatic carbocycles. The quantitative estimate of drug-likeness (QED) is 0.371. The lowest BCUT2D eigenvalue weighted by atomic mass is 10.3. The number of halogens is 1. The second-order valence-electron chi connectivity index (χ2n) is 2.00. The molecule has 0 aromatic rings. The first-order valence-electron chi connectivity index (χ1n) is 2.77. The molecule has 0 bridgehead atoms. The van der Waals surface area contributed by atoms with E-state index in [0.29, 0.717) is 0 Å². The van der Waals surface area contributed by atoms with E-state index in [1.54, 1.807) is 0 Å². The number of carbonyl (C=O) groups is 2. The van der Waals surface area contributed by atoms with Crippen LogP contribution in [-0.2, 0) is 9.59 Å². The summed E-state index contributed by atoms with van der Waals surface area (Å²) >= 11 is 5.37. The standard InChI is InChI=1S/C6H8ClNO3/c1-3-4(9)8-6(2,7)5(10)11/h3H,1H2,2H3,(H,8,9)(H,10,11). The van der Waals surface area contributed by atoms with Crippen LogP contribution in [0.25, 0.3) is 0 Å². The van der Waals surface area contributed by atoms with Gasteiger partial charge in [-0.15, -0.1) is 0 Å². The Morgan fingerprint density at radius 2 is 2.18 bits per heavy atom. The highest BCUT2D eigenvalue weighted by molar-refractivity contribution is 6.34. The zero-order valence-electron chi connectivity index (χ0n) is 5.93. The van der Waals surface area contributed by atoms with E-state index in [-0.39, 0.29) is 0 Å². The molecule has 1 atom stereocenters. The molecule has 1 unspecified atom stereocenters. The van der Waals surface area contributed by atoms with Crippen molar-refractivity contribution in [3.8, 4) is 0 Å². The molecule has 11 heavy (non-hydrogen) atoms. The number of carbonyl (C=O) groups excluding carboxylic acids is 1. The van der Waals surface area contributed by atoms with Crippen LogP contribution in [0.1, 0.15) is 6.92 Å². The molecule has 0 spiro atoms. The summed E-state index contributed by atoms with van der Waals surface area (Å²) < 4.78 is 0. The highest BCUT2D eigenvalue weighted by Gasteiger charge is 2.30. The molecule has 0 aromatic carbocycles. The van der Waals surface area contributed by atoms with Gasteiger partial charge in [-0.25, -0.2) is 4.79 Å². The van der Waals surface area contributed by atoms with E-state index in [9.17, 15) is 9.59 Å². The van der Waals surface area contributed by atoms with Gasteiger partial charge in [-0.2, -0.15) is 0 Å². The largest absolute Gasteiger partial charge is 0.479 e. The van der Waals surface area contributed by atoms with Gasteiger partial charge >= 0.3 is 5.97 Å². The monoisotopic (exact) mass is 177 g/mol. The van der Waals surface area contributed by atoms with Gasteiger partial charge in [0.25, 0.3) is 0 Å². The van der Waals surface area contributed by atoms with Crippen molar-refractivity contribution in [2.75, 3.05) is 0 Å². The van der Waals surface area contributed by atoms with E-state index in [0.717, 1.165) is 13.0 Å². The molecule has 0 fully saturated rings. The van der Waals surface area contributed by atoms with Crippen molar-refractivity contribution in [2.24, 2.45) is 0 Å². The second-order valence-corrected chi connectivity index (χ2v) is 2.76. The van der Waals surface area contributed by atoms with Crippen LogP contribution in [0.3, 0.4) is 0 Å². The maximum absolute atomic E-state index is 10.6. The van der Waals surface area contributed by atoms with Crippen molar-refractivity contribution in [3.63, 3.8) is 0 Å². The molecule has 4 nitrogen and oxygen atoms in total. The number of nitrogens with one attached hydrogen (secondary N) is 1. The fraction of sp³-hybridized carbons (Fsp3) is 0.333. The first-order valence-corrected chi connectivity index (χ1v) is 3.15. The Labute approximate surface area is 68.8 Å². The van der Waals surface area contributed by atoms with Gasteiger partial charge in [-0.3, -0.25) is 4.79 Å². The molecule has 0 heterocycles. The third-order valence-electron chi connectivity index (χ3n) is 0.945. The van der Waals surface area contributed by atoms with Gasteiger partial charge in [-0.05, 0) is 13.0 Å². The van der Waals surface area contributed by atoms with Gasteiger partial charge in [0.05, 0.1) is 0 Å². The molecule has 2 N–H and O–H groups in total. The highest BCUT2D eigenvalue weighted by Crippen LogP contribution is 2.09. The van der Waals surface area contributed by atoms with E-state index in [4.69, 9.17) is 16.7 Å². The molecule has 0 saturated heterocycles. The van der Waals surface area contributed by atoms with Crippen molar-refractivity contribution in [1.82, 2.24) is 5.32 Å². The minimum Gasteiger partial charge on any atom is -0.479 e. The molecule has 0 radical (unpaired) electrons. The molecular weight excluding hydrogens is 170 g/mol. The Hall–Kier alpha value is -1.03. The summed E-state index contributed by atoms with van der Waals surface area (Å²) in [6, 6.07) is 0. The second kappa shape index (κ2) is 3.39. The smallest absolute Gasteiger partial charge is 0.344 e. The van der Waals surface area contributed by atoms with Crippen LogP contribution in [0.2, 0.25) is 0 Å². The van der Waals surface area contributed by atoms with Crippen LogP contribution in [0.15, 0.2) is 12.7 Å². The van der Waals surface area contributed by atoms with Crippen LogP contribution in [-0.4, -0.2) is 22.0 Å². The van der Waals surface area contributed by atoms with Crippen LogP contribution in [0.5, 0.6) is 0 Å². The molecule has 0 saturated carbocycles. The summed E-state index contributed by atoms with van der Waals surface area (Å²) in [5.41, 5.74) is 0. The Balaban J connectivity index is 4.23. The van der Waals surface area contributed by atoms with Crippen molar-refractivity contribution < 1.29 is 14.7 Å². The SMILES string of the molecule is C=CC(=O)NC(C)(Cl)C(=O)O. The fourth-order valence-electron chi connectivity index (χ4n) is 0.336. The average Bonchev–Trinajstić information content (AvgIpc) is 1.86. The number of carboxylic acids is 1. The predicted molar refractivity (Wildman–Crippen MR) is 40.2 cm³/mol. The van der Waals surface area contributed by atoms with Crippen molar-refractivity contribution >= 4 is 23.5 Å². The van der Waals surface area contributed by atoms with Crippen molar-refractivity contribution in [1.29, 1.82) is 0 Å². The number of amides is 1. The summed E-state index contributed by atoms with van der Waals surface area (Å²) in [7, 11) is 0. The fourth-order valence-corrected chi connectivity index (χ4v) is 0.429. The summed E-state index contributed by atoms with van der Waals surface area (Å²) in [5, 5.41) is 10.4. The third kappa shape index (κ3) is 3.04. The van der Waals surface area contributed by atoms with Crippen molar-refractivity contribution in [3.05, 3.63) is 12.7 Å². The minimum atomic E-state index is -1.76. The summed E-state index contributed by atoms with van der Waals surface area (Å²) in [6.07, 6.45) is 0.948. The Bertz CT molecular complexity index is 200. The van der Waals surface area contributed by atoms with Gasteiger partial charge in [0.1, 0.15) is 0 Å². The first kappa shape index (κ1) is 9.97. The van der Waals surface area contributed by atoms with Gasteiger partial charge in [0, 0.05) is 0 Å². The predicted octanol–water partition coefficient (Wildman–Crippen LogP) is 0.328. The third-order valence-corrected chi connectivity index (χ3v) is 1.20. The molecule has 0 aliphatic heterocycles. The number of aliphatic carboxylic acids is 1. The average molecular weight is 178 g/mol. The van der Waals surface area contributed by atoms with Crippen molar-refractivity contribution in [2.45, 2.75) is 11.9 Å². The first-order chi connectivity index (χ1) is 4.90. The maximum atomic E-state index is 10.6. The summed E-state index contributed by atoms with van der Waals surface area (Å²) in [5.74, 6) is -1.93. The van der Waals surface area contributed by atoms with Crippen LogP contribution >= 0.6 is 11.6 Å². The lowest BCUT2D eigenvalue weighted by Crippen LogP contribution is -2.46. The minimum absolute atomic E-state index is 0.620. The van der Waals surface area contributed by atoms with Crippen LogP contribution < -0.4 is 5.32 Å². The normalized spacial score (nSPS) is 14.7. The van der Waals surface area contributed by atoms with Gasteiger partial charge in [0.15, 0.2) is 0 Å². The zero-order chi connectivity index (χ0) is 9.07. The molecule has 5 heteroatoms. The molecular formula is C6H8ClNO3. The van der Waals surface area contributed by atoms with Gasteiger partial charge < -0.3 is 10.4 Å². The van der Waals surface area contributed by atoms with E-state index in [1.807, 2.05) is 5.32 Å². The topological polar surface area (TPSA) is 66.4 Å². The molecule has 0 aromatic heterocycles. The number of rotatable bonds is 3. The van der Waals surface area contributed by atoms with E-state index in [1.165, 1.54) is 0 Å². The number of alkyl halides is 1. The molecule has 62 valence electrons. The number of carboxylic acid groups (broad SMARTS) is 1. The molecule has 0 rings (SSSR count). The number of hydrogen-bond acceptors (Lipinski definition) is 2. The maximum Gasteiger partial charge on any atom is 0.344 e. The Morgan fingerprint density at radius 1 is 1.73 bits per heavy atom. The lowest BCUT2D eigenvalue weighted by Gasteiger charge is -2.16. The van der Waals surface area contributed by atoms with E-state index < -0.39 is 16.9 Å². The van der Waals surface area contributed by atoms with E-state index in [2.05, 4.69) is 6.58 Å². The lowest BCUT2D eigenvalue weighted by molar-refractivity contribution is -0.142. The number of hydrogen-bond donors (Lipinski definition) is 2. The Morgan fingerprint density at radius 3 is 2.45 bits per heavy atom. The molecule has 0 aliphatic rings. The van der Waals surface area contributed by atoms with E-state index >= 15 is 0 Å². The van der Waals surface area contributed by atoms with Gasteiger partial charge in [0.2, 0.25) is 10.9 Å². The van der Waals surface area contributed by atoms with Crippen LogP contribution in [0, 0.1) is 0 Å². The van der Waals surface area contributed by atoms with Crippen LogP contribution in [0.4, 0.5) is 0 Å². The molecule has 1 amide bonds. The summed E-state index contributed by atoms with van der Waals surface area (Å²) in [6.45, 7) is 4.31. The summed E-state index contributed by atoms with van der Waals surface area (Å²) in [4.78, 5) is 19.1. The Kier molecular flexibility index (Phi) is 3.07.